The first-order chi connectivity index (χ1) is 15.3. The van der Waals surface area contributed by atoms with Gasteiger partial charge in [-0.25, -0.2) is 18.5 Å². The Bertz CT molecular complexity index is 1090. The maximum Gasteiger partial charge on any atom is 0.209 e. The van der Waals surface area contributed by atoms with E-state index >= 15 is 0 Å². The van der Waals surface area contributed by atoms with Crippen LogP contribution in [-0.4, -0.2) is 43.6 Å². The molecule has 32 heavy (non-hydrogen) atoms. The molecule has 0 amide bonds. The zero-order valence-corrected chi connectivity index (χ0v) is 20.6. The van der Waals surface area contributed by atoms with Crippen LogP contribution >= 0.6 is 11.8 Å². The molecule has 1 fully saturated rings. The second-order valence-electron chi connectivity index (χ2n) is 8.47. The second kappa shape index (κ2) is 9.49. The number of ether oxygens (including phenoxy) is 1. The summed E-state index contributed by atoms with van der Waals surface area (Å²) in [5, 5.41) is 8.93. The average Bonchev–Trinajstić information content (AvgIpc) is 3.29. The fourth-order valence-electron chi connectivity index (χ4n) is 4.33. The number of hydrogen-bond acceptors (Lipinski definition) is 7. The van der Waals surface area contributed by atoms with Gasteiger partial charge in [0.15, 0.2) is 11.3 Å². The highest BCUT2D eigenvalue weighted by Gasteiger charge is 2.36. The molecule has 9 heteroatoms. The fourth-order valence-corrected chi connectivity index (χ4v) is 6.14. The fraction of sp³-hybridized carbons (Fsp3) is 0.522. The lowest BCUT2D eigenvalue weighted by molar-refractivity contribution is 0.356. The Hall–Kier alpha value is -1.97. The number of rotatable bonds is 8. The van der Waals surface area contributed by atoms with Gasteiger partial charge < -0.3 is 15.0 Å². The first-order valence-electron chi connectivity index (χ1n) is 11.2. The SMILES string of the molecule is CCC1=CN=C2C(=C(C)C1)NC(Sc1cc3c(cc1CC)CCO3)N2CCCS(N)(=O)=O. The van der Waals surface area contributed by atoms with Crippen molar-refractivity contribution < 1.29 is 13.2 Å². The Labute approximate surface area is 195 Å². The molecule has 0 bridgehead atoms. The summed E-state index contributed by atoms with van der Waals surface area (Å²) in [6.45, 7) is 7.75. The first-order valence-corrected chi connectivity index (χ1v) is 13.8. The standard InChI is InChI=1S/C23H32N4O3S2/c1-4-16-11-15(3)21-22(25-14-16)27(8-6-10-32(24,28)29)23(26-21)31-20-13-19-18(7-9-30-19)12-17(20)5-2/h12-14,23,26H,4-11H2,1-3H3,(H2,24,28,29). The van der Waals surface area contributed by atoms with Crippen LogP contribution in [0.4, 0.5) is 0 Å². The van der Waals surface area contributed by atoms with E-state index in [9.17, 15) is 8.42 Å². The summed E-state index contributed by atoms with van der Waals surface area (Å²) in [6.07, 6.45) is 6.17. The van der Waals surface area contributed by atoms with Gasteiger partial charge in [0.2, 0.25) is 10.0 Å². The third-order valence-electron chi connectivity index (χ3n) is 6.11. The van der Waals surface area contributed by atoms with Crippen LogP contribution in [0.15, 0.2) is 45.1 Å². The molecule has 3 N–H and O–H groups in total. The van der Waals surface area contributed by atoms with E-state index in [0.717, 1.165) is 49.6 Å². The van der Waals surface area contributed by atoms with Gasteiger partial charge in [-0.05, 0) is 60.9 Å². The molecule has 174 valence electrons. The molecule has 0 aromatic heterocycles. The maximum absolute atomic E-state index is 11.5. The molecule has 0 spiro atoms. The van der Waals surface area contributed by atoms with Crippen molar-refractivity contribution >= 4 is 27.6 Å². The van der Waals surface area contributed by atoms with E-state index < -0.39 is 10.0 Å². The van der Waals surface area contributed by atoms with E-state index in [0.29, 0.717) is 13.0 Å². The molecule has 4 rings (SSSR count). The van der Waals surface area contributed by atoms with Crippen LogP contribution in [-0.2, 0) is 22.9 Å². The molecule has 1 unspecified atom stereocenters. The lowest BCUT2D eigenvalue weighted by Crippen LogP contribution is -2.36. The minimum Gasteiger partial charge on any atom is -0.493 e. The molecule has 0 saturated carbocycles. The smallest absolute Gasteiger partial charge is 0.209 e. The second-order valence-corrected chi connectivity index (χ2v) is 11.3. The molecule has 7 nitrogen and oxygen atoms in total. The Morgan fingerprint density at radius 3 is 2.84 bits per heavy atom. The number of primary sulfonamides is 1. The third-order valence-corrected chi connectivity index (χ3v) is 8.20. The Balaban J connectivity index is 1.65. The summed E-state index contributed by atoms with van der Waals surface area (Å²) >= 11 is 1.73. The molecule has 3 heterocycles. The van der Waals surface area contributed by atoms with E-state index in [2.05, 4.69) is 43.1 Å². The monoisotopic (exact) mass is 476 g/mol. The number of aliphatic imine (C=N–C) groups is 1. The molecule has 3 aliphatic heterocycles. The van der Waals surface area contributed by atoms with Crippen molar-refractivity contribution in [2.45, 2.75) is 63.3 Å². The van der Waals surface area contributed by atoms with Crippen LogP contribution in [0.1, 0.15) is 51.2 Å². The number of sulfonamides is 1. The van der Waals surface area contributed by atoms with Crippen molar-refractivity contribution in [2.24, 2.45) is 10.1 Å². The summed E-state index contributed by atoms with van der Waals surface area (Å²) in [4.78, 5) is 8.18. The summed E-state index contributed by atoms with van der Waals surface area (Å²) < 4.78 is 28.8. The van der Waals surface area contributed by atoms with E-state index in [-0.39, 0.29) is 11.3 Å². The van der Waals surface area contributed by atoms with E-state index in [1.165, 1.54) is 27.2 Å². The van der Waals surface area contributed by atoms with Crippen LogP contribution in [0, 0.1) is 0 Å². The molecule has 1 atom stereocenters. The predicted molar refractivity (Wildman–Crippen MR) is 130 cm³/mol. The number of thioether (sulfide) groups is 1. The number of nitrogens with one attached hydrogen (secondary N) is 1. The molecule has 1 aromatic rings. The van der Waals surface area contributed by atoms with Crippen LogP contribution in [0.5, 0.6) is 5.75 Å². The van der Waals surface area contributed by atoms with Crippen molar-refractivity contribution in [1.82, 2.24) is 10.2 Å². The van der Waals surface area contributed by atoms with Gasteiger partial charge in [0.25, 0.3) is 0 Å². The van der Waals surface area contributed by atoms with Crippen LogP contribution in [0.25, 0.3) is 0 Å². The lowest BCUT2D eigenvalue weighted by Gasteiger charge is -2.26. The number of aryl methyl sites for hydroxylation is 1. The van der Waals surface area contributed by atoms with Crippen LogP contribution < -0.4 is 15.2 Å². The number of amidine groups is 1. The zero-order chi connectivity index (χ0) is 22.9. The van der Waals surface area contributed by atoms with Crippen molar-refractivity contribution in [3.05, 3.63) is 46.3 Å². The molecule has 1 saturated heterocycles. The molecule has 3 aliphatic rings. The van der Waals surface area contributed by atoms with Crippen molar-refractivity contribution in [2.75, 3.05) is 18.9 Å². The molecular weight excluding hydrogens is 444 g/mol. The molecular formula is C23H32N4O3S2. The number of allylic oxidation sites excluding steroid dienone is 2. The maximum atomic E-state index is 11.5. The van der Waals surface area contributed by atoms with Gasteiger partial charge >= 0.3 is 0 Å². The number of nitrogens with two attached hydrogens (primary N) is 1. The number of nitrogens with zero attached hydrogens (tertiary/aromatic N) is 2. The quantitative estimate of drug-likeness (QED) is 0.596. The van der Waals surface area contributed by atoms with Gasteiger partial charge in [-0.15, -0.1) is 0 Å². The highest BCUT2D eigenvalue weighted by molar-refractivity contribution is 8.00. The average molecular weight is 477 g/mol. The van der Waals surface area contributed by atoms with Gasteiger partial charge in [0.05, 0.1) is 18.1 Å². The predicted octanol–water partition coefficient (Wildman–Crippen LogP) is 3.51. The van der Waals surface area contributed by atoms with Crippen LogP contribution in [0.3, 0.4) is 0 Å². The van der Waals surface area contributed by atoms with E-state index in [1.807, 2.05) is 6.20 Å². The highest BCUT2D eigenvalue weighted by Crippen LogP contribution is 2.39. The molecule has 0 aliphatic carbocycles. The van der Waals surface area contributed by atoms with E-state index in [4.69, 9.17) is 14.9 Å². The Kier molecular flexibility index (Phi) is 6.88. The lowest BCUT2D eigenvalue weighted by atomic mass is 10.0. The first kappa shape index (κ1) is 23.2. The van der Waals surface area contributed by atoms with Gasteiger partial charge in [-0.2, -0.15) is 0 Å². The number of benzene rings is 1. The zero-order valence-electron chi connectivity index (χ0n) is 19.0. The topological polar surface area (TPSA) is 97.0 Å². The van der Waals surface area contributed by atoms with Gasteiger partial charge in [-0.3, -0.25) is 0 Å². The normalized spacial score (nSPS) is 20.2. The van der Waals surface area contributed by atoms with E-state index in [1.54, 1.807) is 11.8 Å². The number of hydrogen-bond donors (Lipinski definition) is 2. The summed E-state index contributed by atoms with van der Waals surface area (Å²) in [5.41, 5.74) is 6.09. The molecule has 0 radical (unpaired) electrons. The van der Waals surface area contributed by atoms with Crippen LogP contribution in [0.2, 0.25) is 0 Å². The molecule has 1 aromatic carbocycles. The van der Waals surface area contributed by atoms with Crippen molar-refractivity contribution in [1.29, 1.82) is 0 Å². The number of fused-ring (bicyclic) bond motifs is 2. The van der Waals surface area contributed by atoms with Crippen molar-refractivity contribution in [3.8, 4) is 5.75 Å². The Morgan fingerprint density at radius 2 is 2.12 bits per heavy atom. The largest absolute Gasteiger partial charge is 0.493 e. The Morgan fingerprint density at radius 1 is 1.31 bits per heavy atom. The minimum atomic E-state index is -3.50. The summed E-state index contributed by atoms with van der Waals surface area (Å²) in [5.74, 6) is 1.81. The van der Waals surface area contributed by atoms with Gasteiger partial charge in [-0.1, -0.05) is 31.7 Å². The summed E-state index contributed by atoms with van der Waals surface area (Å²) in [6, 6.07) is 4.42. The minimum absolute atomic E-state index is 0.0465. The van der Waals surface area contributed by atoms with Crippen molar-refractivity contribution in [3.63, 3.8) is 0 Å². The van der Waals surface area contributed by atoms with Gasteiger partial charge in [0.1, 0.15) is 5.75 Å². The van der Waals surface area contributed by atoms with Gasteiger partial charge in [0, 0.05) is 24.1 Å². The summed E-state index contributed by atoms with van der Waals surface area (Å²) in [7, 11) is -3.50. The third kappa shape index (κ3) is 5.00. The highest BCUT2D eigenvalue weighted by atomic mass is 32.2.